The van der Waals surface area contributed by atoms with Gasteiger partial charge in [0.05, 0.1) is 0 Å². The average Bonchev–Trinajstić information content (AvgIpc) is 2.96. The van der Waals surface area contributed by atoms with Crippen LogP contribution in [0.4, 0.5) is 0 Å². The average molecular weight is 291 g/mol. The van der Waals surface area contributed by atoms with Crippen molar-refractivity contribution >= 4 is 11.8 Å². The van der Waals surface area contributed by atoms with Crippen molar-refractivity contribution in [2.75, 3.05) is 12.3 Å². The van der Waals surface area contributed by atoms with E-state index in [0.717, 1.165) is 24.2 Å². The first-order valence-corrected chi connectivity index (χ1v) is 8.00. The Labute approximate surface area is 124 Å². The highest BCUT2D eigenvalue weighted by molar-refractivity contribution is 7.99. The van der Waals surface area contributed by atoms with Crippen LogP contribution in [0, 0.1) is 0 Å². The highest BCUT2D eigenvalue weighted by atomic mass is 32.2. The zero-order chi connectivity index (χ0) is 14.4. The van der Waals surface area contributed by atoms with Crippen molar-refractivity contribution in [1.29, 1.82) is 0 Å². The normalized spacial score (nSPS) is 12.6. The molecule has 2 N–H and O–H groups in total. The molecular weight excluding hydrogens is 270 g/mol. The molecule has 1 heterocycles. The minimum Gasteiger partial charge on any atom is -0.339 e. The van der Waals surface area contributed by atoms with Crippen LogP contribution in [0.25, 0.3) is 11.4 Å². The molecule has 1 aromatic heterocycles. The van der Waals surface area contributed by atoms with Gasteiger partial charge in [0.2, 0.25) is 11.7 Å². The second-order valence-electron chi connectivity index (χ2n) is 4.75. The second kappa shape index (κ2) is 7.45. The standard InChI is InChI=1S/C15H21N3OS/c1-3-20-13-8-6-12(7-9-13)14-17-15(19-18-14)11(2)5-4-10-16/h6-9,11H,3-5,10,16H2,1-2H3. The zero-order valence-corrected chi connectivity index (χ0v) is 12.8. The SMILES string of the molecule is CCSc1ccc(-c2noc(C(C)CCCN)n2)cc1. The Bertz CT molecular complexity index is 524. The molecule has 108 valence electrons. The maximum Gasteiger partial charge on any atom is 0.229 e. The van der Waals surface area contributed by atoms with E-state index in [1.165, 1.54) is 4.90 Å². The first-order chi connectivity index (χ1) is 9.74. The number of nitrogens with zero attached hydrogens (tertiary/aromatic N) is 2. The molecule has 1 atom stereocenters. The maximum absolute atomic E-state index is 5.52. The predicted molar refractivity (Wildman–Crippen MR) is 82.8 cm³/mol. The van der Waals surface area contributed by atoms with E-state index < -0.39 is 0 Å². The van der Waals surface area contributed by atoms with Crippen LogP contribution in [-0.2, 0) is 0 Å². The summed E-state index contributed by atoms with van der Waals surface area (Å²) in [6.07, 6.45) is 1.95. The van der Waals surface area contributed by atoms with Crippen LogP contribution in [0.1, 0.15) is 38.5 Å². The predicted octanol–water partition coefficient (Wildman–Crippen LogP) is 3.69. The van der Waals surface area contributed by atoms with Gasteiger partial charge in [-0.3, -0.25) is 0 Å². The molecule has 0 amide bonds. The van der Waals surface area contributed by atoms with Gasteiger partial charge < -0.3 is 10.3 Å². The second-order valence-corrected chi connectivity index (χ2v) is 6.08. The van der Waals surface area contributed by atoms with Crippen LogP contribution in [-0.4, -0.2) is 22.4 Å². The molecule has 0 fully saturated rings. The van der Waals surface area contributed by atoms with Gasteiger partial charge in [0, 0.05) is 16.4 Å². The lowest BCUT2D eigenvalue weighted by atomic mass is 10.1. The monoisotopic (exact) mass is 291 g/mol. The molecule has 0 radical (unpaired) electrons. The summed E-state index contributed by atoms with van der Waals surface area (Å²) in [7, 11) is 0. The molecule has 0 aliphatic carbocycles. The Morgan fingerprint density at radius 2 is 2.05 bits per heavy atom. The van der Waals surface area contributed by atoms with E-state index in [-0.39, 0.29) is 5.92 Å². The molecule has 0 aliphatic rings. The maximum atomic E-state index is 5.52. The number of hydrogen-bond donors (Lipinski definition) is 1. The molecule has 4 nitrogen and oxygen atoms in total. The van der Waals surface area contributed by atoms with Crippen LogP contribution >= 0.6 is 11.8 Å². The fraction of sp³-hybridized carbons (Fsp3) is 0.467. The van der Waals surface area contributed by atoms with E-state index in [1.807, 2.05) is 23.9 Å². The van der Waals surface area contributed by atoms with Gasteiger partial charge in [-0.2, -0.15) is 4.98 Å². The van der Waals surface area contributed by atoms with E-state index in [2.05, 4.69) is 36.1 Å². The molecule has 0 aliphatic heterocycles. The van der Waals surface area contributed by atoms with E-state index >= 15 is 0 Å². The van der Waals surface area contributed by atoms with Crippen LogP contribution in [0.5, 0.6) is 0 Å². The molecule has 2 aromatic rings. The third-order valence-corrected chi connectivity index (χ3v) is 4.02. The number of nitrogens with two attached hydrogens (primary N) is 1. The van der Waals surface area contributed by atoms with Crippen molar-refractivity contribution in [2.24, 2.45) is 5.73 Å². The van der Waals surface area contributed by atoms with E-state index in [4.69, 9.17) is 10.3 Å². The van der Waals surface area contributed by atoms with E-state index in [9.17, 15) is 0 Å². The molecule has 5 heteroatoms. The van der Waals surface area contributed by atoms with E-state index in [1.54, 1.807) is 0 Å². The Balaban J connectivity index is 2.07. The Hall–Kier alpha value is -1.33. The summed E-state index contributed by atoms with van der Waals surface area (Å²) in [4.78, 5) is 5.74. The van der Waals surface area contributed by atoms with Gasteiger partial charge in [-0.05, 0) is 49.4 Å². The summed E-state index contributed by atoms with van der Waals surface area (Å²) >= 11 is 1.82. The highest BCUT2D eigenvalue weighted by Gasteiger charge is 2.14. The Morgan fingerprint density at radius 1 is 1.30 bits per heavy atom. The molecule has 20 heavy (non-hydrogen) atoms. The first-order valence-electron chi connectivity index (χ1n) is 7.01. The van der Waals surface area contributed by atoms with Crippen LogP contribution < -0.4 is 5.73 Å². The van der Waals surface area contributed by atoms with Gasteiger partial charge >= 0.3 is 0 Å². The number of thioether (sulfide) groups is 1. The lowest BCUT2D eigenvalue weighted by Crippen LogP contribution is -2.02. The largest absolute Gasteiger partial charge is 0.339 e. The molecule has 2 rings (SSSR count). The fourth-order valence-electron chi connectivity index (χ4n) is 1.97. The first kappa shape index (κ1) is 15.1. The topological polar surface area (TPSA) is 64.9 Å². The van der Waals surface area contributed by atoms with Gasteiger partial charge in [-0.1, -0.05) is 19.0 Å². The highest BCUT2D eigenvalue weighted by Crippen LogP contribution is 2.25. The molecule has 0 bridgehead atoms. The zero-order valence-electron chi connectivity index (χ0n) is 12.0. The van der Waals surface area contributed by atoms with Crippen molar-refractivity contribution in [2.45, 2.75) is 37.5 Å². The molecule has 0 saturated heterocycles. The number of hydrogen-bond acceptors (Lipinski definition) is 5. The Morgan fingerprint density at radius 3 is 2.70 bits per heavy atom. The molecular formula is C15H21N3OS. The quantitative estimate of drug-likeness (QED) is 0.788. The van der Waals surface area contributed by atoms with Crippen molar-refractivity contribution in [1.82, 2.24) is 10.1 Å². The lowest BCUT2D eigenvalue weighted by Gasteiger charge is -2.03. The minimum absolute atomic E-state index is 0.259. The lowest BCUT2D eigenvalue weighted by molar-refractivity contribution is 0.352. The summed E-state index contributed by atoms with van der Waals surface area (Å²) in [6, 6.07) is 8.27. The van der Waals surface area contributed by atoms with Crippen molar-refractivity contribution in [3.8, 4) is 11.4 Å². The number of aromatic nitrogens is 2. The smallest absolute Gasteiger partial charge is 0.229 e. The van der Waals surface area contributed by atoms with Gasteiger partial charge in [0.25, 0.3) is 0 Å². The number of rotatable bonds is 7. The summed E-state index contributed by atoms with van der Waals surface area (Å²) in [5.41, 5.74) is 6.51. The van der Waals surface area contributed by atoms with Crippen molar-refractivity contribution in [3.63, 3.8) is 0 Å². The summed E-state index contributed by atoms with van der Waals surface area (Å²) in [6.45, 7) is 4.93. The van der Waals surface area contributed by atoms with Crippen LogP contribution in [0.15, 0.2) is 33.7 Å². The van der Waals surface area contributed by atoms with Gasteiger partial charge in [0.15, 0.2) is 0 Å². The van der Waals surface area contributed by atoms with Crippen molar-refractivity contribution < 1.29 is 4.52 Å². The van der Waals surface area contributed by atoms with Gasteiger partial charge in [0.1, 0.15) is 0 Å². The molecule has 1 unspecified atom stereocenters. The third-order valence-electron chi connectivity index (χ3n) is 3.13. The summed E-state index contributed by atoms with van der Waals surface area (Å²) in [5, 5.41) is 4.07. The summed E-state index contributed by atoms with van der Waals surface area (Å²) in [5.74, 6) is 2.69. The molecule has 0 spiro atoms. The fourth-order valence-corrected chi connectivity index (χ4v) is 2.63. The van der Waals surface area contributed by atoms with E-state index in [0.29, 0.717) is 18.3 Å². The number of benzene rings is 1. The molecule has 0 saturated carbocycles. The minimum atomic E-state index is 0.259. The van der Waals surface area contributed by atoms with Gasteiger partial charge in [-0.15, -0.1) is 11.8 Å². The molecule has 1 aromatic carbocycles. The van der Waals surface area contributed by atoms with Crippen molar-refractivity contribution in [3.05, 3.63) is 30.2 Å². The van der Waals surface area contributed by atoms with Crippen LogP contribution in [0.3, 0.4) is 0 Å². The van der Waals surface area contributed by atoms with Crippen LogP contribution in [0.2, 0.25) is 0 Å². The third kappa shape index (κ3) is 3.84. The van der Waals surface area contributed by atoms with Gasteiger partial charge in [-0.25, -0.2) is 0 Å². The summed E-state index contributed by atoms with van der Waals surface area (Å²) < 4.78 is 5.35. The Kier molecular flexibility index (Phi) is 5.61.